The highest BCUT2D eigenvalue weighted by Gasteiger charge is 2.18. The summed E-state index contributed by atoms with van der Waals surface area (Å²) in [7, 11) is 0. The second kappa shape index (κ2) is 7.61. The third kappa shape index (κ3) is 4.86. The minimum Gasteiger partial charge on any atom is -0.441 e. The number of carbonyl (C=O) groups excluding carboxylic acids is 1. The van der Waals surface area contributed by atoms with Gasteiger partial charge in [0.15, 0.2) is 5.13 Å². The lowest BCUT2D eigenvalue weighted by molar-refractivity contribution is -0.115. The summed E-state index contributed by atoms with van der Waals surface area (Å²) in [6.45, 7) is 6.22. The molecule has 0 unspecified atom stereocenters. The molecule has 0 aliphatic rings. The largest absolute Gasteiger partial charge is 0.441 e. The molecule has 3 rings (SSSR count). The van der Waals surface area contributed by atoms with Gasteiger partial charge in [-0.25, -0.2) is 9.97 Å². The molecule has 0 aliphatic carbocycles. The second-order valence-electron chi connectivity index (χ2n) is 6.80. The van der Waals surface area contributed by atoms with Gasteiger partial charge >= 0.3 is 0 Å². The molecule has 3 heterocycles. The maximum Gasteiger partial charge on any atom is 0.230 e. The quantitative estimate of drug-likeness (QED) is 0.731. The number of rotatable bonds is 5. The van der Waals surface area contributed by atoms with Gasteiger partial charge in [-0.3, -0.25) is 9.78 Å². The van der Waals surface area contributed by atoms with E-state index in [-0.39, 0.29) is 17.7 Å². The van der Waals surface area contributed by atoms with Crippen molar-refractivity contribution in [3.8, 4) is 0 Å². The molecule has 0 aliphatic heterocycles. The van der Waals surface area contributed by atoms with Crippen molar-refractivity contribution in [2.45, 2.75) is 32.6 Å². The number of hydrogen-bond acceptors (Lipinski definition) is 6. The van der Waals surface area contributed by atoms with Crippen LogP contribution in [0.2, 0.25) is 0 Å². The topological polar surface area (TPSA) is 80.9 Å². The number of aromatic nitrogens is 3. The molecular formula is C19H20N4O2S. The maximum atomic E-state index is 12.1. The predicted octanol–water partition coefficient (Wildman–Crippen LogP) is 4.18. The highest BCUT2D eigenvalue weighted by molar-refractivity contribution is 7.16. The van der Waals surface area contributed by atoms with E-state index in [1.165, 1.54) is 11.3 Å². The molecule has 0 aromatic carbocycles. The van der Waals surface area contributed by atoms with E-state index < -0.39 is 0 Å². The van der Waals surface area contributed by atoms with Crippen LogP contribution in [0.15, 0.2) is 41.3 Å². The van der Waals surface area contributed by atoms with Crippen LogP contribution < -0.4 is 5.32 Å². The van der Waals surface area contributed by atoms with Crippen molar-refractivity contribution in [1.29, 1.82) is 0 Å². The van der Waals surface area contributed by atoms with Crippen LogP contribution in [0.4, 0.5) is 5.13 Å². The van der Waals surface area contributed by atoms with Crippen molar-refractivity contribution in [3.05, 3.63) is 59.0 Å². The van der Waals surface area contributed by atoms with Crippen LogP contribution in [0, 0.1) is 0 Å². The Balaban J connectivity index is 1.59. The van der Waals surface area contributed by atoms with Crippen LogP contribution in [0.3, 0.4) is 0 Å². The Labute approximate surface area is 156 Å². The second-order valence-corrected chi connectivity index (χ2v) is 7.86. The number of oxazole rings is 1. The summed E-state index contributed by atoms with van der Waals surface area (Å²) in [4.78, 5) is 25.4. The Morgan fingerprint density at radius 1 is 1.23 bits per heavy atom. The number of pyridine rings is 1. The van der Waals surface area contributed by atoms with Crippen LogP contribution in [-0.4, -0.2) is 20.9 Å². The first-order chi connectivity index (χ1) is 12.4. The Morgan fingerprint density at radius 2 is 2.08 bits per heavy atom. The molecule has 0 bridgehead atoms. The smallest absolute Gasteiger partial charge is 0.230 e. The van der Waals surface area contributed by atoms with Crippen molar-refractivity contribution in [2.75, 3.05) is 5.32 Å². The Morgan fingerprint density at radius 3 is 2.77 bits per heavy atom. The van der Waals surface area contributed by atoms with Crippen LogP contribution in [0.5, 0.6) is 0 Å². The maximum absolute atomic E-state index is 12.1. The zero-order chi connectivity index (χ0) is 18.6. The van der Waals surface area contributed by atoms with Crippen LogP contribution in [0.25, 0.3) is 12.2 Å². The van der Waals surface area contributed by atoms with E-state index >= 15 is 0 Å². The van der Waals surface area contributed by atoms with Gasteiger partial charge in [0.2, 0.25) is 11.8 Å². The van der Waals surface area contributed by atoms with Crippen LogP contribution in [-0.2, 0) is 16.6 Å². The first-order valence-corrected chi connectivity index (χ1v) is 9.01. The Kier molecular flexibility index (Phi) is 5.27. The number of amides is 1. The van der Waals surface area contributed by atoms with Gasteiger partial charge in [-0.1, -0.05) is 38.2 Å². The molecule has 0 saturated heterocycles. The number of nitrogens with one attached hydrogen (secondary N) is 1. The third-order valence-electron chi connectivity index (χ3n) is 3.51. The average molecular weight is 368 g/mol. The van der Waals surface area contributed by atoms with Crippen molar-refractivity contribution in [1.82, 2.24) is 15.0 Å². The van der Waals surface area contributed by atoms with Crippen molar-refractivity contribution < 1.29 is 9.21 Å². The number of nitrogens with zero attached hydrogens (tertiary/aromatic N) is 3. The number of anilines is 1. The van der Waals surface area contributed by atoms with Crippen molar-refractivity contribution >= 4 is 34.5 Å². The molecular weight excluding hydrogens is 348 g/mol. The standard InChI is InChI=1S/C19H20N4O2S/c1-19(2,3)15-12-21-17(25-15)7-6-14-11-22-18(26-14)23-16(24)9-13-5-4-8-20-10-13/h4-8,10-12H,9H2,1-3H3,(H,22,23,24). The fourth-order valence-electron chi connectivity index (χ4n) is 2.14. The number of carbonyl (C=O) groups is 1. The fourth-order valence-corrected chi connectivity index (χ4v) is 2.87. The number of thiazole rings is 1. The van der Waals surface area contributed by atoms with E-state index in [1.807, 2.05) is 18.2 Å². The highest BCUT2D eigenvalue weighted by Crippen LogP contribution is 2.24. The summed E-state index contributed by atoms with van der Waals surface area (Å²) in [6, 6.07) is 3.67. The number of hydrogen-bond donors (Lipinski definition) is 1. The summed E-state index contributed by atoms with van der Waals surface area (Å²) >= 11 is 1.39. The predicted molar refractivity (Wildman–Crippen MR) is 103 cm³/mol. The molecule has 3 aromatic heterocycles. The molecule has 1 amide bonds. The van der Waals surface area contributed by atoms with Gasteiger partial charge in [0, 0.05) is 35.0 Å². The van der Waals surface area contributed by atoms with Gasteiger partial charge in [-0.15, -0.1) is 0 Å². The lowest BCUT2D eigenvalue weighted by Gasteiger charge is -2.12. The molecule has 0 fully saturated rings. The van der Waals surface area contributed by atoms with Gasteiger partial charge in [0.1, 0.15) is 5.76 Å². The minimum atomic E-state index is -0.120. The Hall–Kier alpha value is -2.80. The molecule has 0 atom stereocenters. The average Bonchev–Trinajstić information content (AvgIpc) is 3.22. The summed E-state index contributed by atoms with van der Waals surface area (Å²) in [5.74, 6) is 1.26. The summed E-state index contributed by atoms with van der Waals surface area (Å²) in [5, 5.41) is 3.36. The van der Waals surface area contributed by atoms with E-state index in [4.69, 9.17) is 4.42 Å². The molecule has 7 heteroatoms. The Bertz CT molecular complexity index is 907. The highest BCUT2D eigenvalue weighted by atomic mass is 32.1. The monoisotopic (exact) mass is 368 g/mol. The lowest BCUT2D eigenvalue weighted by atomic mass is 9.94. The molecule has 0 spiro atoms. The lowest BCUT2D eigenvalue weighted by Crippen LogP contribution is -2.14. The van der Waals surface area contributed by atoms with Crippen molar-refractivity contribution in [3.63, 3.8) is 0 Å². The molecule has 6 nitrogen and oxygen atoms in total. The zero-order valence-corrected chi connectivity index (χ0v) is 15.7. The molecule has 26 heavy (non-hydrogen) atoms. The van der Waals surface area contributed by atoms with E-state index in [0.29, 0.717) is 11.0 Å². The normalized spacial score (nSPS) is 11.8. The van der Waals surface area contributed by atoms with Crippen LogP contribution >= 0.6 is 11.3 Å². The summed E-state index contributed by atoms with van der Waals surface area (Å²) in [6.07, 6.45) is 10.7. The molecule has 134 valence electrons. The van der Waals surface area contributed by atoms with E-state index in [0.717, 1.165) is 16.2 Å². The first-order valence-electron chi connectivity index (χ1n) is 8.19. The summed E-state index contributed by atoms with van der Waals surface area (Å²) in [5.41, 5.74) is 0.787. The SMILES string of the molecule is CC(C)(C)c1cnc(C=Cc2cnc(NC(=O)Cc3cccnc3)s2)o1. The third-order valence-corrected chi connectivity index (χ3v) is 4.39. The van der Waals surface area contributed by atoms with E-state index in [1.54, 1.807) is 30.9 Å². The van der Waals surface area contributed by atoms with Gasteiger partial charge in [-0.2, -0.15) is 0 Å². The minimum absolute atomic E-state index is 0.0741. The van der Waals surface area contributed by atoms with Crippen LogP contribution in [0.1, 0.15) is 42.9 Å². The first kappa shape index (κ1) is 18.0. The fraction of sp³-hybridized carbons (Fsp3) is 0.263. The van der Waals surface area contributed by atoms with Gasteiger partial charge in [0.05, 0.1) is 12.6 Å². The summed E-state index contributed by atoms with van der Waals surface area (Å²) < 4.78 is 5.72. The van der Waals surface area contributed by atoms with E-state index in [2.05, 4.69) is 41.0 Å². The van der Waals surface area contributed by atoms with Crippen molar-refractivity contribution in [2.24, 2.45) is 0 Å². The van der Waals surface area contributed by atoms with Gasteiger partial charge in [0.25, 0.3) is 0 Å². The molecule has 0 radical (unpaired) electrons. The molecule has 1 N–H and O–H groups in total. The zero-order valence-electron chi connectivity index (χ0n) is 14.9. The van der Waals surface area contributed by atoms with Gasteiger partial charge in [-0.05, 0) is 17.7 Å². The van der Waals surface area contributed by atoms with Gasteiger partial charge < -0.3 is 9.73 Å². The molecule has 3 aromatic rings. The molecule has 0 saturated carbocycles. The van der Waals surface area contributed by atoms with E-state index in [9.17, 15) is 4.79 Å².